The molecule has 0 aliphatic rings. The topological polar surface area (TPSA) is 71.8 Å². The van der Waals surface area contributed by atoms with Crippen LogP contribution in [0.25, 0.3) is 11.4 Å². The number of halogens is 2. The molecule has 3 N–H and O–H groups in total. The molecule has 0 bridgehead atoms. The van der Waals surface area contributed by atoms with Gasteiger partial charge in [0.2, 0.25) is 0 Å². The smallest absolute Gasteiger partial charge is 0.251 e. The van der Waals surface area contributed by atoms with Crippen molar-refractivity contribution in [1.82, 2.24) is 9.97 Å². The van der Waals surface area contributed by atoms with Gasteiger partial charge in [0.05, 0.1) is 10.2 Å². The Kier molecular flexibility index (Phi) is 3.35. The van der Waals surface area contributed by atoms with Gasteiger partial charge >= 0.3 is 0 Å². The first-order valence-corrected chi connectivity index (χ1v) is 5.65. The van der Waals surface area contributed by atoms with Crippen LogP contribution in [0.2, 0.25) is 0 Å². The molecule has 0 unspecified atom stereocenters. The maximum Gasteiger partial charge on any atom is 0.251 e. The molecule has 0 atom stereocenters. The van der Waals surface area contributed by atoms with Crippen LogP contribution in [-0.2, 0) is 6.54 Å². The van der Waals surface area contributed by atoms with E-state index in [2.05, 4.69) is 25.9 Å². The van der Waals surface area contributed by atoms with E-state index in [1.807, 2.05) is 0 Å². The standard InChI is InChI=1S/C11H9BrFN3O/c12-8-3-6(1-2-9(8)13)11-15-7(5-14)4-10(17)16-11/h1-4H,5,14H2,(H,15,16,17). The molecular formula is C11H9BrFN3O. The molecule has 88 valence electrons. The molecule has 1 aromatic carbocycles. The van der Waals surface area contributed by atoms with Crippen LogP contribution in [0.4, 0.5) is 4.39 Å². The number of nitrogens with one attached hydrogen (secondary N) is 1. The Morgan fingerprint density at radius 1 is 1.41 bits per heavy atom. The molecular weight excluding hydrogens is 289 g/mol. The number of hydrogen-bond donors (Lipinski definition) is 2. The van der Waals surface area contributed by atoms with Gasteiger partial charge in [0, 0.05) is 18.2 Å². The second kappa shape index (κ2) is 4.77. The number of hydrogen-bond acceptors (Lipinski definition) is 3. The largest absolute Gasteiger partial charge is 0.325 e. The van der Waals surface area contributed by atoms with Gasteiger partial charge < -0.3 is 10.7 Å². The normalized spacial score (nSPS) is 10.5. The molecule has 0 aliphatic heterocycles. The Labute approximate surface area is 105 Å². The summed E-state index contributed by atoms with van der Waals surface area (Å²) in [5.41, 5.74) is 6.26. The number of rotatable bonds is 2. The van der Waals surface area contributed by atoms with Crippen LogP contribution in [0, 0.1) is 5.82 Å². The second-order valence-corrected chi connectivity index (χ2v) is 4.27. The molecule has 0 spiro atoms. The summed E-state index contributed by atoms with van der Waals surface area (Å²) in [5.74, 6) is 0.00438. The molecule has 17 heavy (non-hydrogen) atoms. The molecule has 0 saturated heterocycles. The molecule has 0 fully saturated rings. The molecule has 0 aliphatic carbocycles. The molecule has 2 rings (SSSR count). The van der Waals surface area contributed by atoms with Gasteiger partial charge in [-0.15, -0.1) is 0 Å². The number of benzene rings is 1. The summed E-state index contributed by atoms with van der Waals surface area (Å²) >= 11 is 3.08. The first kappa shape index (κ1) is 11.9. The molecule has 2 aromatic rings. The SMILES string of the molecule is NCc1cc(=O)[nH]c(-c2ccc(F)c(Br)c2)n1. The molecule has 1 heterocycles. The summed E-state index contributed by atoms with van der Waals surface area (Å²) in [5, 5.41) is 0. The Hall–Kier alpha value is -1.53. The van der Waals surface area contributed by atoms with E-state index in [4.69, 9.17) is 5.73 Å². The van der Waals surface area contributed by atoms with Crippen molar-refractivity contribution in [3.05, 3.63) is 50.6 Å². The van der Waals surface area contributed by atoms with E-state index in [1.54, 1.807) is 12.1 Å². The maximum atomic E-state index is 13.1. The highest BCUT2D eigenvalue weighted by Crippen LogP contribution is 2.22. The molecule has 0 amide bonds. The minimum Gasteiger partial charge on any atom is -0.325 e. The van der Waals surface area contributed by atoms with Crippen molar-refractivity contribution in [2.75, 3.05) is 0 Å². The monoisotopic (exact) mass is 297 g/mol. The van der Waals surface area contributed by atoms with Crippen LogP contribution in [0.5, 0.6) is 0 Å². The van der Waals surface area contributed by atoms with Crippen LogP contribution in [0.15, 0.2) is 33.5 Å². The predicted molar refractivity (Wildman–Crippen MR) is 65.8 cm³/mol. The van der Waals surface area contributed by atoms with Crippen molar-refractivity contribution in [2.45, 2.75) is 6.54 Å². The third-order valence-electron chi connectivity index (χ3n) is 2.20. The lowest BCUT2D eigenvalue weighted by Gasteiger charge is -2.04. The predicted octanol–water partition coefficient (Wildman–Crippen LogP) is 1.80. The summed E-state index contributed by atoms with van der Waals surface area (Å²) in [7, 11) is 0. The summed E-state index contributed by atoms with van der Waals surface area (Å²) in [4.78, 5) is 18.1. The van der Waals surface area contributed by atoms with E-state index >= 15 is 0 Å². The van der Waals surface area contributed by atoms with Crippen LogP contribution in [0.1, 0.15) is 5.69 Å². The van der Waals surface area contributed by atoms with Crippen molar-refractivity contribution in [2.24, 2.45) is 5.73 Å². The number of nitrogens with zero attached hydrogens (tertiary/aromatic N) is 1. The zero-order valence-electron chi connectivity index (χ0n) is 8.71. The Morgan fingerprint density at radius 3 is 2.82 bits per heavy atom. The average molecular weight is 298 g/mol. The van der Waals surface area contributed by atoms with Crippen molar-refractivity contribution < 1.29 is 4.39 Å². The molecule has 0 saturated carbocycles. The Bertz CT molecular complexity index is 612. The number of H-pyrrole nitrogens is 1. The summed E-state index contributed by atoms with van der Waals surface area (Å²) in [6.45, 7) is 0.180. The lowest BCUT2D eigenvalue weighted by Crippen LogP contribution is -2.12. The highest BCUT2D eigenvalue weighted by molar-refractivity contribution is 9.10. The van der Waals surface area contributed by atoms with Gasteiger partial charge in [-0.1, -0.05) is 0 Å². The number of aromatic amines is 1. The van der Waals surface area contributed by atoms with Crippen LogP contribution in [0.3, 0.4) is 0 Å². The molecule has 0 radical (unpaired) electrons. The Balaban J connectivity index is 2.55. The van der Waals surface area contributed by atoms with E-state index in [9.17, 15) is 9.18 Å². The van der Waals surface area contributed by atoms with E-state index < -0.39 is 0 Å². The van der Waals surface area contributed by atoms with Crippen LogP contribution in [-0.4, -0.2) is 9.97 Å². The van der Waals surface area contributed by atoms with Crippen molar-refractivity contribution >= 4 is 15.9 Å². The van der Waals surface area contributed by atoms with Crippen molar-refractivity contribution in [3.8, 4) is 11.4 Å². The maximum absolute atomic E-state index is 13.1. The lowest BCUT2D eigenvalue weighted by atomic mass is 10.2. The number of nitrogens with two attached hydrogens (primary N) is 1. The fourth-order valence-electron chi connectivity index (χ4n) is 1.39. The van der Waals surface area contributed by atoms with Gasteiger partial charge in [-0.3, -0.25) is 4.79 Å². The third-order valence-corrected chi connectivity index (χ3v) is 2.80. The van der Waals surface area contributed by atoms with Crippen LogP contribution >= 0.6 is 15.9 Å². The fourth-order valence-corrected chi connectivity index (χ4v) is 1.77. The zero-order valence-corrected chi connectivity index (χ0v) is 10.3. The van der Waals surface area contributed by atoms with E-state index in [0.29, 0.717) is 21.6 Å². The first-order chi connectivity index (χ1) is 8.10. The first-order valence-electron chi connectivity index (χ1n) is 4.86. The molecule has 1 aromatic heterocycles. The second-order valence-electron chi connectivity index (χ2n) is 3.42. The quantitative estimate of drug-likeness (QED) is 0.888. The van der Waals surface area contributed by atoms with Gasteiger partial charge in [-0.25, -0.2) is 9.37 Å². The zero-order chi connectivity index (χ0) is 12.4. The van der Waals surface area contributed by atoms with Gasteiger partial charge in [0.1, 0.15) is 11.6 Å². The van der Waals surface area contributed by atoms with E-state index in [-0.39, 0.29) is 17.9 Å². The minimum atomic E-state index is -0.369. The van der Waals surface area contributed by atoms with Gasteiger partial charge in [-0.05, 0) is 34.1 Å². The van der Waals surface area contributed by atoms with Gasteiger partial charge in [-0.2, -0.15) is 0 Å². The number of aromatic nitrogens is 2. The Morgan fingerprint density at radius 2 is 2.18 bits per heavy atom. The summed E-state index contributed by atoms with van der Waals surface area (Å²) < 4.78 is 13.4. The van der Waals surface area contributed by atoms with Crippen LogP contribution < -0.4 is 11.3 Å². The third kappa shape index (κ3) is 2.59. The van der Waals surface area contributed by atoms with Gasteiger partial charge in [0.15, 0.2) is 0 Å². The highest BCUT2D eigenvalue weighted by atomic mass is 79.9. The highest BCUT2D eigenvalue weighted by Gasteiger charge is 2.06. The lowest BCUT2D eigenvalue weighted by molar-refractivity contribution is 0.621. The average Bonchev–Trinajstić information content (AvgIpc) is 2.32. The fraction of sp³-hybridized carbons (Fsp3) is 0.0909. The minimum absolute atomic E-state index is 0.180. The van der Waals surface area contributed by atoms with Gasteiger partial charge in [0.25, 0.3) is 5.56 Å². The molecule has 6 heteroatoms. The summed E-state index contributed by atoms with van der Waals surface area (Å²) in [6, 6.07) is 5.73. The molecule has 4 nitrogen and oxygen atoms in total. The van der Waals surface area contributed by atoms with Crippen molar-refractivity contribution in [1.29, 1.82) is 0 Å². The summed E-state index contributed by atoms with van der Waals surface area (Å²) in [6.07, 6.45) is 0. The van der Waals surface area contributed by atoms with E-state index in [0.717, 1.165) is 0 Å². The van der Waals surface area contributed by atoms with E-state index in [1.165, 1.54) is 12.1 Å². The van der Waals surface area contributed by atoms with Crippen molar-refractivity contribution in [3.63, 3.8) is 0 Å².